The molecule has 116 valence electrons. The molecule has 1 aromatic rings. The van der Waals surface area contributed by atoms with Crippen LogP contribution in [0.15, 0.2) is 24.3 Å². The van der Waals surface area contributed by atoms with Gasteiger partial charge >= 0.3 is 5.37 Å². The lowest BCUT2D eigenvalue weighted by Gasteiger charge is -2.38. The number of carbonyl (C=O) groups is 1. The molecule has 21 heavy (non-hydrogen) atoms. The number of rotatable bonds is 4. The minimum atomic E-state index is -0.630. The maximum absolute atomic E-state index is 11.7. The van der Waals surface area contributed by atoms with Crippen molar-refractivity contribution >= 4 is 28.6 Å². The molecule has 1 aliphatic heterocycles. The quantitative estimate of drug-likeness (QED) is 0.583. The van der Waals surface area contributed by atoms with Gasteiger partial charge in [0, 0.05) is 5.02 Å². The fraction of sp³-hybridized carbons (Fsp3) is 0.562. The van der Waals surface area contributed by atoms with E-state index in [1.165, 1.54) is 5.56 Å². The minimum absolute atomic E-state index is 0.367. The van der Waals surface area contributed by atoms with Gasteiger partial charge in [0.1, 0.15) is 5.72 Å². The molecule has 1 fully saturated rings. The lowest BCUT2D eigenvalue weighted by atomic mass is 9.99. The van der Waals surface area contributed by atoms with E-state index in [4.69, 9.17) is 27.9 Å². The topological polar surface area (TPSA) is 29.5 Å². The minimum Gasteiger partial charge on any atom is -0.353 e. The number of halogens is 2. The Kier molecular flexibility index (Phi) is 4.86. The molecule has 1 aromatic carbocycles. The standard InChI is InChI=1S/C16H21Cl2NO2/c1-15(2)11-21-16(3,19(15)14(18)20)10-4-5-12-6-8-13(17)9-7-12/h6-9H,4-5,10-11H2,1-3H3. The van der Waals surface area contributed by atoms with Crippen LogP contribution >= 0.6 is 23.2 Å². The van der Waals surface area contributed by atoms with Gasteiger partial charge in [-0.3, -0.25) is 9.69 Å². The Bertz CT molecular complexity index is 516. The number of nitrogens with zero attached hydrogens (tertiary/aromatic N) is 1. The van der Waals surface area contributed by atoms with Crippen molar-refractivity contribution in [3.63, 3.8) is 0 Å². The third-order valence-corrected chi connectivity index (χ3v) is 4.43. The number of amides is 1. The maximum Gasteiger partial charge on any atom is 0.319 e. The smallest absolute Gasteiger partial charge is 0.319 e. The molecule has 1 amide bonds. The third-order valence-electron chi connectivity index (χ3n) is 4.01. The normalized spacial score (nSPS) is 24.3. The van der Waals surface area contributed by atoms with E-state index in [-0.39, 0.29) is 5.54 Å². The van der Waals surface area contributed by atoms with Crippen molar-refractivity contribution in [2.45, 2.75) is 51.3 Å². The van der Waals surface area contributed by atoms with Crippen molar-refractivity contribution in [1.82, 2.24) is 4.90 Å². The number of carbonyl (C=O) groups excluding carboxylic acids is 1. The molecular weight excluding hydrogens is 309 g/mol. The molecule has 5 heteroatoms. The zero-order valence-corrected chi connectivity index (χ0v) is 14.2. The van der Waals surface area contributed by atoms with E-state index >= 15 is 0 Å². The van der Waals surface area contributed by atoms with Crippen molar-refractivity contribution in [2.75, 3.05) is 6.61 Å². The Morgan fingerprint density at radius 2 is 1.90 bits per heavy atom. The van der Waals surface area contributed by atoms with Crippen LogP contribution in [-0.2, 0) is 11.2 Å². The monoisotopic (exact) mass is 329 g/mol. The average molecular weight is 330 g/mol. The van der Waals surface area contributed by atoms with Crippen LogP contribution in [0.4, 0.5) is 4.79 Å². The van der Waals surface area contributed by atoms with Gasteiger partial charge in [0.05, 0.1) is 12.1 Å². The zero-order valence-electron chi connectivity index (χ0n) is 12.7. The van der Waals surface area contributed by atoms with Crippen LogP contribution in [0.3, 0.4) is 0 Å². The molecule has 0 N–H and O–H groups in total. The first kappa shape index (κ1) is 16.6. The second-order valence-corrected chi connectivity index (χ2v) is 7.10. The summed E-state index contributed by atoms with van der Waals surface area (Å²) >= 11 is 11.6. The van der Waals surface area contributed by atoms with Gasteiger partial charge < -0.3 is 4.74 Å². The second kappa shape index (κ2) is 6.15. The van der Waals surface area contributed by atoms with Crippen molar-refractivity contribution in [3.05, 3.63) is 34.9 Å². The fourth-order valence-corrected chi connectivity index (χ4v) is 3.51. The van der Waals surface area contributed by atoms with E-state index in [1.807, 2.05) is 45.0 Å². The van der Waals surface area contributed by atoms with Crippen molar-refractivity contribution in [2.24, 2.45) is 0 Å². The molecule has 1 aliphatic rings. The highest BCUT2D eigenvalue weighted by atomic mass is 35.5. The lowest BCUT2D eigenvalue weighted by molar-refractivity contribution is -0.0546. The number of hydrogen-bond donors (Lipinski definition) is 0. The molecule has 1 heterocycles. The molecule has 0 spiro atoms. The number of ether oxygens (including phenoxy) is 1. The summed E-state index contributed by atoms with van der Waals surface area (Å²) in [6, 6.07) is 7.83. The molecule has 0 bridgehead atoms. The SMILES string of the molecule is CC1(C)COC(C)(CCCc2ccc(Cl)cc2)N1C(=O)Cl. The third kappa shape index (κ3) is 3.71. The Labute approximate surface area is 136 Å². The van der Waals surface area contributed by atoms with Gasteiger partial charge in [-0.1, -0.05) is 23.7 Å². The van der Waals surface area contributed by atoms with Gasteiger partial charge in [0.25, 0.3) is 0 Å². The van der Waals surface area contributed by atoms with E-state index in [0.717, 1.165) is 24.3 Å². The fourth-order valence-electron chi connectivity index (χ4n) is 2.98. The summed E-state index contributed by atoms with van der Waals surface area (Å²) in [5, 5.41) is 0.289. The van der Waals surface area contributed by atoms with Gasteiger partial charge in [-0.25, -0.2) is 0 Å². The Morgan fingerprint density at radius 1 is 1.29 bits per heavy atom. The van der Waals surface area contributed by atoms with Crippen LogP contribution in [0.2, 0.25) is 5.02 Å². The summed E-state index contributed by atoms with van der Waals surface area (Å²) in [6.07, 6.45) is 2.58. The summed E-state index contributed by atoms with van der Waals surface area (Å²) in [4.78, 5) is 13.4. The highest BCUT2D eigenvalue weighted by Gasteiger charge is 2.50. The summed E-state index contributed by atoms with van der Waals surface area (Å²) in [6.45, 7) is 6.38. The molecule has 0 aromatic heterocycles. The highest BCUT2D eigenvalue weighted by Crippen LogP contribution is 2.39. The molecule has 0 aliphatic carbocycles. The van der Waals surface area contributed by atoms with Crippen LogP contribution in [0.1, 0.15) is 39.2 Å². The maximum atomic E-state index is 11.7. The summed E-state index contributed by atoms with van der Waals surface area (Å²) in [5.74, 6) is 0. The first-order valence-electron chi connectivity index (χ1n) is 7.13. The van der Waals surface area contributed by atoms with Crippen molar-refractivity contribution in [3.8, 4) is 0 Å². The van der Waals surface area contributed by atoms with Gasteiger partial charge in [-0.15, -0.1) is 0 Å². The second-order valence-electron chi connectivity index (χ2n) is 6.34. The molecular formula is C16H21Cl2NO2. The number of aryl methyl sites for hydroxylation is 1. The van der Waals surface area contributed by atoms with Gasteiger partial charge in [-0.2, -0.15) is 0 Å². The molecule has 2 rings (SSSR count). The number of benzene rings is 1. The zero-order chi connectivity index (χ0) is 15.7. The lowest BCUT2D eigenvalue weighted by Crippen LogP contribution is -2.52. The molecule has 1 atom stereocenters. The summed E-state index contributed by atoms with van der Waals surface area (Å²) in [7, 11) is 0. The van der Waals surface area contributed by atoms with E-state index in [1.54, 1.807) is 4.90 Å². The van der Waals surface area contributed by atoms with Crippen LogP contribution < -0.4 is 0 Å². The van der Waals surface area contributed by atoms with Gasteiger partial charge in [0.2, 0.25) is 0 Å². The Balaban J connectivity index is 1.98. The molecule has 1 unspecified atom stereocenters. The Morgan fingerprint density at radius 3 is 2.48 bits per heavy atom. The summed E-state index contributed by atoms with van der Waals surface area (Å²) < 4.78 is 5.89. The average Bonchev–Trinajstić information content (AvgIpc) is 2.62. The van der Waals surface area contributed by atoms with Crippen LogP contribution in [-0.4, -0.2) is 28.1 Å². The van der Waals surface area contributed by atoms with Gasteiger partial charge in [-0.05, 0) is 69.3 Å². The van der Waals surface area contributed by atoms with E-state index in [2.05, 4.69) is 0 Å². The van der Waals surface area contributed by atoms with Crippen LogP contribution in [0.25, 0.3) is 0 Å². The molecule has 0 saturated carbocycles. The van der Waals surface area contributed by atoms with Crippen molar-refractivity contribution in [1.29, 1.82) is 0 Å². The summed E-state index contributed by atoms with van der Waals surface area (Å²) in [5.41, 5.74) is 0.229. The predicted octanol–water partition coefficient (Wildman–Crippen LogP) is 4.85. The first-order chi connectivity index (χ1) is 9.74. The van der Waals surface area contributed by atoms with E-state index < -0.39 is 11.1 Å². The largest absolute Gasteiger partial charge is 0.353 e. The molecule has 3 nitrogen and oxygen atoms in total. The first-order valence-corrected chi connectivity index (χ1v) is 7.88. The van der Waals surface area contributed by atoms with E-state index in [0.29, 0.717) is 6.61 Å². The van der Waals surface area contributed by atoms with Crippen LogP contribution in [0.5, 0.6) is 0 Å². The Hall–Kier alpha value is -0.770. The van der Waals surface area contributed by atoms with E-state index in [9.17, 15) is 4.79 Å². The number of hydrogen-bond acceptors (Lipinski definition) is 2. The molecule has 1 saturated heterocycles. The highest BCUT2D eigenvalue weighted by molar-refractivity contribution is 6.63. The van der Waals surface area contributed by atoms with Gasteiger partial charge in [0.15, 0.2) is 0 Å². The predicted molar refractivity (Wildman–Crippen MR) is 85.9 cm³/mol. The molecule has 0 radical (unpaired) electrons. The van der Waals surface area contributed by atoms with Crippen LogP contribution in [0, 0.1) is 0 Å². The van der Waals surface area contributed by atoms with Crippen molar-refractivity contribution < 1.29 is 9.53 Å².